The van der Waals surface area contributed by atoms with Crippen LogP contribution in [0.2, 0.25) is 0 Å². The van der Waals surface area contributed by atoms with E-state index in [4.69, 9.17) is 0 Å². The van der Waals surface area contributed by atoms with Crippen molar-refractivity contribution in [1.29, 1.82) is 0 Å². The number of hydrogen-bond donors (Lipinski definition) is 2. The van der Waals surface area contributed by atoms with Crippen LogP contribution in [-0.2, 0) is 0 Å². The van der Waals surface area contributed by atoms with Crippen LogP contribution in [-0.4, -0.2) is 30.1 Å². The van der Waals surface area contributed by atoms with Crippen molar-refractivity contribution < 1.29 is 5.11 Å². The molecule has 0 aliphatic rings. The van der Waals surface area contributed by atoms with Crippen molar-refractivity contribution in [2.24, 2.45) is 0 Å². The van der Waals surface area contributed by atoms with E-state index >= 15 is 0 Å². The smallest absolute Gasteiger partial charge is 0.0618 e. The average molecular weight is 290 g/mol. The molecule has 0 bridgehead atoms. The molecule has 1 unspecified atom stereocenters. The lowest BCUT2D eigenvalue weighted by molar-refractivity contribution is 0.200. The Morgan fingerprint density at radius 2 is 2.27 bits per heavy atom. The van der Waals surface area contributed by atoms with Crippen molar-refractivity contribution in [3.63, 3.8) is 0 Å². The van der Waals surface area contributed by atoms with Gasteiger partial charge in [-0.25, -0.2) is 0 Å². The second-order valence-corrected chi connectivity index (χ2v) is 5.68. The lowest BCUT2D eigenvalue weighted by Gasteiger charge is -2.26. The third kappa shape index (κ3) is 4.15. The Hall–Kier alpha value is -0.0300. The Labute approximate surface area is 104 Å². The molecule has 0 spiro atoms. The second kappa shape index (κ2) is 5.89. The fourth-order valence-electron chi connectivity index (χ4n) is 0.996. The summed E-state index contributed by atoms with van der Waals surface area (Å²) >= 11 is 5.18. The van der Waals surface area contributed by atoms with Gasteiger partial charge in [-0.1, -0.05) is 22.0 Å². The molecular formula is C11H16BrNOS. The summed E-state index contributed by atoms with van der Waals surface area (Å²) in [5.74, 6) is 0.844. The molecule has 84 valence electrons. The van der Waals surface area contributed by atoms with Gasteiger partial charge in [-0.15, -0.1) is 11.8 Å². The first kappa shape index (κ1) is 13.0. The molecule has 0 fully saturated rings. The van der Waals surface area contributed by atoms with Crippen molar-refractivity contribution in [2.45, 2.75) is 17.4 Å². The average Bonchev–Trinajstić information content (AvgIpc) is 2.26. The van der Waals surface area contributed by atoms with E-state index < -0.39 is 0 Å². The monoisotopic (exact) mass is 289 g/mol. The molecule has 0 aliphatic heterocycles. The number of hydrogen-bond acceptors (Lipinski definition) is 3. The van der Waals surface area contributed by atoms with Crippen LogP contribution in [0.5, 0.6) is 0 Å². The number of thioether (sulfide) groups is 1. The van der Waals surface area contributed by atoms with Gasteiger partial charge >= 0.3 is 0 Å². The molecule has 0 aromatic heterocycles. The van der Waals surface area contributed by atoms with E-state index in [0.29, 0.717) is 0 Å². The minimum absolute atomic E-state index is 0.143. The van der Waals surface area contributed by atoms with Gasteiger partial charge in [-0.3, -0.25) is 0 Å². The van der Waals surface area contributed by atoms with Crippen molar-refractivity contribution in [3.8, 4) is 0 Å². The summed E-state index contributed by atoms with van der Waals surface area (Å²) in [5.41, 5.74) is -0.215. The van der Waals surface area contributed by atoms with Gasteiger partial charge in [-0.2, -0.15) is 0 Å². The molecule has 1 atom stereocenters. The molecule has 0 amide bonds. The van der Waals surface area contributed by atoms with Crippen LogP contribution in [0.1, 0.15) is 6.92 Å². The zero-order valence-corrected chi connectivity index (χ0v) is 11.4. The first-order valence-electron chi connectivity index (χ1n) is 4.78. The van der Waals surface area contributed by atoms with Gasteiger partial charge in [0.25, 0.3) is 0 Å². The van der Waals surface area contributed by atoms with E-state index in [0.717, 1.165) is 10.2 Å². The maximum Gasteiger partial charge on any atom is 0.0618 e. The van der Waals surface area contributed by atoms with E-state index in [9.17, 15) is 5.11 Å². The van der Waals surface area contributed by atoms with Crippen LogP contribution >= 0.6 is 27.7 Å². The van der Waals surface area contributed by atoms with Crippen LogP contribution in [0, 0.1) is 0 Å². The highest BCUT2D eigenvalue weighted by Crippen LogP contribution is 2.24. The van der Waals surface area contributed by atoms with E-state index in [1.165, 1.54) is 4.90 Å². The Bertz CT molecular complexity index is 315. The molecule has 2 N–H and O–H groups in total. The van der Waals surface area contributed by atoms with E-state index in [2.05, 4.69) is 33.4 Å². The molecule has 1 rings (SSSR count). The number of aliphatic hydroxyl groups is 1. The normalized spacial score (nSPS) is 14.9. The highest BCUT2D eigenvalue weighted by atomic mass is 79.9. The van der Waals surface area contributed by atoms with E-state index in [1.54, 1.807) is 11.8 Å². The van der Waals surface area contributed by atoms with Gasteiger partial charge in [0.15, 0.2) is 0 Å². The van der Waals surface area contributed by atoms with Gasteiger partial charge in [0, 0.05) is 20.7 Å². The Balaban J connectivity index is 2.56. The van der Waals surface area contributed by atoms with E-state index in [-0.39, 0.29) is 12.1 Å². The maximum absolute atomic E-state index is 9.23. The first-order chi connectivity index (χ1) is 7.09. The van der Waals surface area contributed by atoms with Crippen LogP contribution < -0.4 is 5.32 Å². The van der Waals surface area contributed by atoms with Gasteiger partial charge in [0.2, 0.25) is 0 Å². The standard InChI is InChI=1S/C11H16BrNOS/c1-11(7-14,13-2)8-15-10-5-3-4-9(12)6-10/h3-6,13-14H,7-8H2,1-2H3. The molecule has 0 saturated heterocycles. The highest BCUT2D eigenvalue weighted by Gasteiger charge is 2.20. The lowest BCUT2D eigenvalue weighted by Crippen LogP contribution is -2.45. The van der Waals surface area contributed by atoms with Crippen LogP contribution in [0.25, 0.3) is 0 Å². The van der Waals surface area contributed by atoms with Gasteiger partial charge in [0.05, 0.1) is 6.61 Å². The number of halogens is 1. The van der Waals surface area contributed by atoms with Crippen LogP contribution in [0.4, 0.5) is 0 Å². The van der Waals surface area contributed by atoms with Gasteiger partial charge in [0.1, 0.15) is 0 Å². The number of benzene rings is 1. The zero-order chi connectivity index (χ0) is 11.3. The fraction of sp³-hybridized carbons (Fsp3) is 0.455. The molecule has 0 heterocycles. The Morgan fingerprint density at radius 3 is 2.80 bits per heavy atom. The third-order valence-corrected chi connectivity index (χ3v) is 4.17. The number of rotatable bonds is 5. The summed E-state index contributed by atoms with van der Waals surface area (Å²) in [6.07, 6.45) is 0. The summed E-state index contributed by atoms with van der Waals surface area (Å²) < 4.78 is 1.09. The molecule has 1 aromatic rings. The van der Waals surface area contributed by atoms with Crippen molar-refractivity contribution in [2.75, 3.05) is 19.4 Å². The lowest BCUT2D eigenvalue weighted by atomic mass is 10.1. The quantitative estimate of drug-likeness (QED) is 0.817. The highest BCUT2D eigenvalue weighted by molar-refractivity contribution is 9.10. The molecule has 0 saturated carbocycles. The molecule has 0 radical (unpaired) electrons. The Kier molecular flexibility index (Phi) is 5.12. The molecule has 15 heavy (non-hydrogen) atoms. The fourth-order valence-corrected chi connectivity index (χ4v) is 2.65. The number of aliphatic hydroxyl groups excluding tert-OH is 1. The molecule has 2 nitrogen and oxygen atoms in total. The topological polar surface area (TPSA) is 32.3 Å². The van der Waals surface area contributed by atoms with Gasteiger partial charge in [-0.05, 0) is 32.2 Å². The number of likely N-dealkylation sites (N-methyl/N-ethyl adjacent to an activating group) is 1. The minimum Gasteiger partial charge on any atom is -0.394 e. The summed E-state index contributed by atoms with van der Waals surface area (Å²) in [4.78, 5) is 1.21. The van der Waals surface area contributed by atoms with Gasteiger partial charge < -0.3 is 10.4 Å². The van der Waals surface area contributed by atoms with Crippen molar-refractivity contribution in [3.05, 3.63) is 28.7 Å². The third-order valence-electron chi connectivity index (χ3n) is 2.31. The SMILES string of the molecule is CNC(C)(CO)CSc1cccc(Br)c1. The zero-order valence-electron chi connectivity index (χ0n) is 8.96. The largest absolute Gasteiger partial charge is 0.394 e. The molecule has 4 heteroatoms. The second-order valence-electron chi connectivity index (χ2n) is 3.71. The van der Waals surface area contributed by atoms with Crippen LogP contribution in [0.3, 0.4) is 0 Å². The molecular weight excluding hydrogens is 274 g/mol. The van der Waals surface area contributed by atoms with Crippen molar-refractivity contribution >= 4 is 27.7 Å². The number of nitrogens with one attached hydrogen (secondary N) is 1. The first-order valence-corrected chi connectivity index (χ1v) is 6.56. The van der Waals surface area contributed by atoms with Crippen molar-refractivity contribution in [1.82, 2.24) is 5.32 Å². The summed E-state index contributed by atoms with van der Waals surface area (Å²) in [5, 5.41) is 12.4. The molecule has 1 aromatic carbocycles. The van der Waals surface area contributed by atoms with E-state index in [1.807, 2.05) is 26.1 Å². The molecule has 0 aliphatic carbocycles. The predicted octanol–water partition coefficient (Wildman–Crippen LogP) is 2.51. The minimum atomic E-state index is -0.215. The Morgan fingerprint density at radius 1 is 1.53 bits per heavy atom. The van der Waals surface area contributed by atoms with Crippen LogP contribution in [0.15, 0.2) is 33.6 Å². The maximum atomic E-state index is 9.23. The summed E-state index contributed by atoms with van der Waals surface area (Å²) in [6.45, 7) is 2.16. The predicted molar refractivity (Wildman–Crippen MR) is 69.4 cm³/mol. The summed E-state index contributed by atoms with van der Waals surface area (Å²) in [6, 6.07) is 8.18. The summed E-state index contributed by atoms with van der Waals surface area (Å²) in [7, 11) is 1.87.